The van der Waals surface area contributed by atoms with Crippen LogP contribution in [0.3, 0.4) is 0 Å². The van der Waals surface area contributed by atoms with E-state index in [0.717, 1.165) is 30.6 Å². The molecule has 1 aliphatic heterocycles. The molecule has 2 atom stereocenters. The number of nitrogens with two attached hydrogens (primary N) is 1. The van der Waals surface area contributed by atoms with E-state index in [1.807, 2.05) is 6.07 Å². The Morgan fingerprint density at radius 1 is 1.06 bits per heavy atom. The zero-order valence-electron chi connectivity index (χ0n) is 19.2. The molecule has 1 heterocycles. The van der Waals surface area contributed by atoms with Gasteiger partial charge in [-0.15, -0.1) is 0 Å². The maximum Gasteiger partial charge on any atom is 0.237 e. The van der Waals surface area contributed by atoms with Crippen molar-refractivity contribution in [3.8, 4) is 0 Å². The van der Waals surface area contributed by atoms with E-state index < -0.39 is 6.04 Å². The molecule has 3 aromatic carbocycles. The van der Waals surface area contributed by atoms with Crippen LogP contribution in [0, 0.1) is 20.8 Å². The minimum absolute atomic E-state index is 0.0271. The third-order valence-electron chi connectivity index (χ3n) is 6.45. The normalized spacial score (nSPS) is 16.1. The molecule has 0 saturated carbocycles. The van der Waals surface area contributed by atoms with Crippen molar-refractivity contribution < 1.29 is 4.79 Å². The van der Waals surface area contributed by atoms with E-state index in [9.17, 15) is 4.79 Å². The molecule has 1 aliphatic rings. The fourth-order valence-corrected chi connectivity index (χ4v) is 4.86. The summed E-state index contributed by atoms with van der Waals surface area (Å²) in [7, 11) is 0. The molecule has 4 heteroatoms. The lowest BCUT2D eigenvalue weighted by atomic mass is 9.91. The Morgan fingerprint density at radius 3 is 2.50 bits per heavy atom. The van der Waals surface area contributed by atoms with Crippen LogP contribution >= 0.6 is 0 Å². The fourth-order valence-electron chi connectivity index (χ4n) is 4.86. The summed E-state index contributed by atoms with van der Waals surface area (Å²) in [4.78, 5) is 13.0. The Morgan fingerprint density at radius 2 is 1.78 bits per heavy atom. The first kappa shape index (κ1) is 22.1. The van der Waals surface area contributed by atoms with E-state index in [1.165, 1.54) is 33.4 Å². The van der Waals surface area contributed by atoms with Crippen molar-refractivity contribution in [2.45, 2.75) is 52.1 Å². The molecule has 0 spiro atoms. The van der Waals surface area contributed by atoms with Gasteiger partial charge in [0, 0.05) is 12.2 Å². The van der Waals surface area contributed by atoms with E-state index in [2.05, 4.69) is 86.0 Å². The summed E-state index contributed by atoms with van der Waals surface area (Å²) in [5.74, 6) is -0.0873. The SMILES string of the molecule is Cc1cc(C)c(CC(N)C(=O)NC2CCNc3c(Cc4ccccc4)cccc32)c(C)c1. The molecule has 32 heavy (non-hydrogen) atoms. The summed E-state index contributed by atoms with van der Waals surface area (Å²) in [6, 6.07) is 20.6. The summed E-state index contributed by atoms with van der Waals surface area (Å²) in [5.41, 5.74) is 16.0. The molecule has 4 nitrogen and oxygen atoms in total. The maximum atomic E-state index is 13.0. The Balaban J connectivity index is 1.49. The molecule has 166 valence electrons. The number of hydrogen-bond acceptors (Lipinski definition) is 3. The Hall–Kier alpha value is -3.11. The van der Waals surface area contributed by atoms with Gasteiger partial charge in [-0.25, -0.2) is 0 Å². The van der Waals surface area contributed by atoms with Crippen LogP contribution in [0.4, 0.5) is 5.69 Å². The van der Waals surface area contributed by atoms with Crippen LogP contribution in [0.15, 0.2) is 60.7 Å². The van der Waals surface area contributed by atoms with Gasteiger partial charge in [-0.2, -0.15) is 0 Å². The first-order chi connectivity index (χ1) is 15.4. The number of hydrogen-bond donors (Lipinski definition) is 3. The van der Waals surface area contributed by atoms with Crippen LogP contribution in [0.2, 0.25) is 0 Å². The van der Waals surface area contributed by atoms with Crippen LogP contribution in [0.5, 0.6) is 0 Å². The molecule has 0 aromatic heterocycles. The van der Waals surface area contributed by atoms with Crippen molar-refractivity contribution in [2.75, 3.05) is 11.9 Å². The standard InChI is InChI=1S/C28H33N3O/c1-18-14-19(2)24(20(3)15-18)17-25(29)28(32)31-26-12-13-30-27-22(10-7-11-23(26)27)16-21-8-5-4-6-9-21/h4-11,14-15,25-26,30H,12-13,16-17,29H2,1-3H3,(H,31,32). The highest BCUT2D eigenvalue weighted by Gasteiger charge is 2.26. The predicted octanol–water partition coefficient (Wildman–Crippen LogP) is 4.75. The Kier molecular flexibility index (Phi) is 6.61. The molecular formula is C28H33N3O. The first-order valence-corrected chi connectivity index (χ1v) is 11.4. The quantitative estimate of drug-likeness (QED) is 0.532. The van der Waals surface area contributed by atoms with E-state index in [-0.39, 0.29) is 11.9 Å². The first-order valence-electron chi connectivity index (χ1n) is 11.4. The number of rotatable bonds is 6. The van der Waals surface area contributed by atoms with Gasteiger partial charge in [-0.1, -0.05) is 66.2 Å². The van der Waals surface area contributed by atoms with E-state index in [1.54, 1.807) is 0 Å². The Labute approximate surface area is 191 Å². The Bertz CT molecular complexity index is 1080. The monoisotopic (exact) mass is 427 g/mol. The summed E-state index contributed by atoms with van der Waals surface area (Å²) in [5, 5.41) is 6.79. The van der Waals surface area contributed by atoms with E-state index in [0.29, 0.717) is 6.42 Å². The number of nitrogens with one attached hydrogen (secondary N) is 2. The molecule has 2 unspecified atom stereocenters. The highest BCUT2D eigenvalue weighted by atomic mass is 16.2. The lowest BCUT2D eigenvalue weighted by Gasteiger charge is -2.30. The molecule has 0 radical (unpaired) electrons. The smallest absolute Gasteiger partial charge is 0.237 e. The molecule has 0 fully saturated rings. The number of amides is 1. The van der Waals surface area contributed by atoms with Gasteiger partial charge in [0.15, 0.2) is 0 Å². The van der Waals surface area contributed by atoms with E-state index in [4.69, 9.17) is 5.73 Å². The number of para-hydroxylation sites is 1. The zero-order valence-corrected chi connectivity index (χ0v) is 19.2. The van der Waals surface area contributed by atoms with Crippen molar-refractivity contribution in [1.82, 2.24) is 5.32 Å². The molecule has 0 saturated heterocycles. The number of anilines is 1. The predicted molar refractivity (Wildman–Crippen MR) is 132 cm³/mol. The van der Waals surface area contributed by atoms with Crippen molar-refractivity contribution in [1.29, 1.82) is 0 Å². The lowest BCUT2D eigenvalue weighted by molar-refractivity contribution is -0.123. The van der Waals surface area contributed by atoms with Crippen LogP contribution in [-0.4, -0.2) is 18.5 Å². The van der Waals surface area contributed by atoms with Gasteiger partial charge < -0.3 is 16.4 Å². The van der Waals surface area contributed by atoms with Gasteiger partial charge >= 0.3 is 0 Å². The second-order valence-electron chi connectivity index (χ2n) is 9.01. The highest BCUT2D eigenvalue weighted by molar-refractivity contribution is 5.83. The number of aryl methyl sites for hydroxylation is 3. The van der Waals surface area contributed by atoms with Gasteiger partial charge in [-0.3, -0.25) is 4.79 Å². The van der Waals surface area contributed by atoms with Crippen LogP contribution < -0.4 is 16.4 Å². The molecule has 3 aromatic rings. The summed E-state index contributed by atoms with van der Waals surface area (Å²) in [6.07, 6.45) is 2.27. The van der Waals surface area contributed by atoms with Gasteiger partial charge in [-0.05, 0) is 73.4 Å². The molecule has 1 amide bonds. The lowest BCUT2D eigenvalue weighted by Crippen LogP contribution is -2.44. The van der Waals surface area contributed by atoms with E-state index >= 15 is 0 Å². The molecule has 4 N–H and O–H groups in total. The number of carbonyl (C=O) groups excluding carboxylic acids is 1. The highest BCUT2D eigenvalue weighted by Crippen LogP contribution is 2.34. The average molecular weight is 428 g/mol. The minimum Gasteiger partial charge on any atom is -0.384 e. The molecule has 0 bridgehead atoms. The number of carbonyl (C=O) groups is 1. The second-order valence-corrected chi connectivity index (χ2v) is 9.01. The summed E-state index contributed by atoms with van der Waals surface area (Å²) in [6.45, 7) is 7.11. The average Bonchev–Trinajstić information content (AvgIpc) is 2.77. The van der Waals surface area contributed by atoms with Gasteiger partial charge in [0.25, 0.3) is 0 Å². The second kappa shape index (κ2) is 9.58. The van der Waals surface area contributed by atoms with Crippen molar-refractivity contribution in [3.05, 3.63) is 99.6 Å². The molecule has 4 rings (SSSR count). The largest absolute Gasteiger partial charge is 0.384 e. The van der Waals surface area contributed by atoms with Gasteiger partial charge in [0.2, 0.25) is 5.91 Å². The zero-order chi connectivity index (χ0) is 22.7. The number of benzene rings is 3. The third-order valence-corrected chi connectivity index (χ3v) is 6.45. The number of fused-ring (bicyclic) bond motifs is 1. The van der Waals surface area contributed by atoms with Crippen molar-refractivity contribution in [3.63, 3.8) is 0 Å². The third kappa shape index (κ3) is 4.86. The van der Waals surface area contributed by atoms with Crippen LogP contribution in [0.1, 0.15) is 51.4 Å². The van der Waals surface area contributed by atoms with Gasteiger partial charge in [0.05, 0.1) is 12.1 Å². The minimum atomic E-state index is -0.569. The van der Waals surface area contributed by atoms with Crippen LogP contribution in [-0.2, 0) is 17.6 Å². The van der Waals surface area contributed by atoms with Gasteiger partial charge in [0.1, 0.15) is 0 Å². The summed E-state index contributed by atoms with van der Waals surface area (Å²) >= 11 is 0. The fraction of sp³-hybridized carbons (Fsp3) is 0.321. The summed E-state index contributed by atoms with van der Waals surface area (Å²) < 4.78 is 0. The molecule has 0 aliphatic carbocycles. The molecular weight excluding hydrogens is 394 g/mol. The van der Waals surface area contributed by atoms with Crippen molar-refractivity contribution in [2.24, 2.45) is 5.73 Å². The van der Waals surface area contributed by atoms with Crippen molar-refractivity contribution >= 4 is 11.6 Å². The maximum absolute atomic E-state index is 13.0. The van der Waals surface area contributed by atoms with Crippen LogP contribution in [0.25, 0.3) is 0 Å². The topological polar surface area (TPSA) is 67.2 Å².